The zero-order valence-corrected chi connectivity index (χ0v) is 22.2. The number of hydrogen-bond donors (Lipinski definition) is 2. The quantitative estimate of drug-likeness (QED) is 0.315. The molecule has 2 amide bonds. The molecule has 3 aromatic rings. The summed E-state index contributed by atoms with van der Waals surface area (Å²) in [6.07, 6.45) is -0.270. The first-order valence-corrected chi connectivity index (χ1v) is 12.3. The Morgan fingerprint density at radius 1 is 0.971 bits per heavy atom. The molecule has 35 heavy (non-hydrogen) atoms. The van der Waals surface area contributed by atoms with E-state index in [9.17, 15) is 9.59 Å². The normalized spacial score (nSPS) is 11.0. The van der Waals surface area contributed by atoms with E-state index in [2.05, 4.69) is 26.6 Å². The van der Waals surface area contributed by atoms with Crippen molar-refractivity contribution >= 4 is 45.2 Å². The third-order valence-electron chi connectivity index (χ3n) is 4.77. The second-order valence-electron chi connectivity index (χ2n) is 8.91. The fourth-order valence-electron chi connectivity index (χ4n) is 3.16. The average molecular weight is 560 g/mol. The van der Waals surface area contributed by atoms with Crippen molar-refractivity contribution in [1.82, 2.24) is 5.32 Å². The van der Waals surface area contributed by atoms with E-state index in [4.69, 9.17) is 21.1 Å². The molecule has 3 rings (SSSR count). The maximum atomic E-state index is 12.4. The van der Waals surface area contributed by atoms with Gasteiger partial charge in [0.25, 0.3) is 0 Å². The second-order valence-corrected chi connectivity index (χ2v) is 10.2. The molecule has 0 radical (unpaired) electrons. The number of alkyl carbamates (subject to hydrolysis) is 1. The van der Waals surface area contributed by atoms with Gasteiger partial charge in [-0.2, -0.15) is 0 Å². The van der Waals surface area contributed by atoms with Crippen LogP contribution < -0.4 is 15.4 Å². The summed E-state index contributed by atoms with van der Waals surface area (Å²) in [5.74, 6) is 0.531. The highest BCUT2D eigenvalue weighted by Crippen LogP contribution is 2.24. The van der Waals surface area contributed by atoms with Crippen LogP contribution in [0.2, 0.25) is 5.02 Å². The molecule has 6 nitrogen and oxygen atoms in total. The van der Waals surface area contributed by atoms with E-state index in [1.54, 1.807) is 6.07 Å². The third kappa shape index (κ3) is 8.92. The lowest BCUT2D eigenvalue weighted by atomic mass is 10.1. The lowest BCUT2D eigenvalue weighted by molar-refractivity contribution is -0.115. The van der Waals surface area contributed by atoms with Crippen LogP contribution in [-0.2, 0) is 29.1 Å². The molecule has 2 N–H and O–H groups in total. The molecule has 0 aliphatic carbocycles. The fourth-order valence-corrected chi connectivity index (χ4v) is 3.85. The van der Waals surface area contributed by atoms with Crippen LogP contribution in [0, 0.1) is 0 Å². The molecule has 0 bridgehead atoms. The number of anilines is 1. The number of carbonyl (C=O) groups is 2. The molecule has 8 heteroatoms. The van der Waals surface area contributed by atoms with Crippen molar-refractivity contribution in [3.8, 4) is 5.75 Å². The van der Waals surface area contributed by atoms with Crippen molar-refractivity contribution in [2.45, 2.75) is 45.9 Å². The summed E-state index contributed by atoms with van der Waals surface area (Å²) in [7, 11) is 0. The molecule has 3 aromatic carbocycles. The number of amides is 2. The zero-order chi connectivity index (χ0) is 25.4. The Kier molecular flexibility index (Phi) is 9.18. The average Bonchev–Trinajstić information content (AvgIpc) is 2.78. The Balaban J connectivity index is 1.53. The van der Waals surface area contributed by atoms with Crippen LogP contribution in [0.5, 0.6) is 5.75 Å². The number of carbonyl (C=O) groups excluding carboxylic acids is 2. The van der Waals surface area contributed by atoms with Crippen molar-refractivity contribution in [2.24, 2.45) is 0 Å². The van der Waals surface area contributed by atoms with Crippen LogP contribution in [0.1, 0.15) is 37.5 Å². The number of hydrogen-bond acceptors (Lipinski definition) is 4. The number of ether oxygens (including phenoxy) is 2. The Morgan fingerprint density at radius 3 is 2.46 bits per heavy atom. The topological polar surface area (TPSA) is 76.7 Å². The number of rotatable bonds is 8. The van der Waals surface area contributed by atoms with Gasteiger partial charge in [-0.05, 0) is 62.2 Å². The highest BCUT2D eigenvalue weighted by Gasteiger charge is 2.15. The second kappa shape index (κ2) is 12.1. The summed E-state index contributed by atoms with van der Waals surface area (Å²) in [4.78, 5) is 24.3. The maximum absolute atomic E-state index is 12.4. The standard InChI is InChI=1S/C27H28BrClN2O4/c1-27(2,3)35-26(33)30-16-18-7-6-9-22(13-18)34-17-20-11-12-21(15-23(20)28)31-25(32)14-19-8-4-5-10-24(19)29/h4-13,15H,14,16-17H2,1-3H3,(H,30,33)(H,31,32). The molecule has 0 saturated heterocycles. The van der Waals surface area contributed by atoms with Crippen molar-refractivity contribution in [1.29, 1.82) is 0 Å². The summed E-state index contributed by atoms with van der Waals surface area (Å²) >= 11 is 9.70. The van der Waals surface area contributed by atoms with Crippen molar-refractivity contribution in [3.63, 3.8) is 0 Å². The van der Waals surface area contributed by atoms with E-state index in [-0.39, 0.29) is 12.3 Å². The van der Waals surface area contributed by atoms with E-state index >= 15 is 0 Å². The highest BCUT2D eigenvalue weighted by atomic mass is 79.9. The summed E-state index contributed by atoms with van der Waals surface area (Å²) in [6, 6.07) is 20.3. The minimum atomic E-state index is -0.545. The Morgan fingerprint density at radius 2 is 1.74 bits per heavy atom. The molecule has 0 spiro atoms. The predicted octanol–water partition coefficient (Wildman–Crippen LogP) is 6.89. The Hall–Kier alpha value is -3.03. The Bertz CT molecular complexity index is 1190. The molecule has 0 heterocycles. The van der Waals surface area contributed by atoms with Crippen molar-refractivity contribution in [3.05, 3.63) is 92.9 Å². The predicted molar refractivity (Wildman–Crippen MR) is 142 cm³/mol. The monoisotopic (exact) mass is 558 g/mol. The Labute approximate surface area is 219 Å². The molecule has 0 aliphatic heterocycles. The largest absolute Gasteiger partial charge is 0.489 e. The van der Waals surface area contributed by atoms with Crippen LogP contribution in [0.25, 0.3) is 0 Å². The zero-order valence-electron chi connectivity index (χ0n) is 19.9. The van der Waals surface area contributed by atoms with Crippen LogP contribution in [0.3, 0.4) is 0 Å². The summed E-state index contributed by atoms with van der Waals surface area (Å²) in [5, 5.41) is 6.20. The minimum absolute atomic E-state index is 0.147. The molecule has 0 fully saturated rings. The van der Waals surface area contributed by atoms with Gasteiger partial charge in [-0.15, -0.1) is 0 Å². The van der Waals surface area contributed by atoms with E-state index in [0.717, 1.165) is 21.2 Å². The van der Waals surface area contributed by atoms with Gasteiger partial charge in [0.15, 0.2) is 0 Å². The summed E-state index contributed by atoms with van der Waals surface area (Å²) in [6.45, 7) is 6.12. The van der Waals surface area contributed by atoms with Crippen molar-refractivity contribution in [2.75, 3.05) is 5.32 Å². The lowest BCUT2D eigenvalue weighted by Gasteiger charge is -2.19. The van der Waals surface area contributed by atoms with Gasteiger partial charge in [0.05, 0.1) is 6.42 Å². The SMILES string of the molecule is CC(C)(C)OC(=O)NCc1cccc(OCc2ccc(NC(=O)Cc3ccccc3Cl)cc2Br)c1. The first kappa shape index (κ1) is 26.6. The van der Waals surface area contributed by atoms with Crippen LogP contribution >= 0.6 is 27.5 Å². The van der Waals surface area contributed by atoms with E-state index in [1.807, 2.05) is 81.4 Å². The van der Waals surface area contributed by atoms with Gasteiger partial charge in [-0.1, -0.05) is 63.9 Å². The molecule has 0 unspecified atom stereocenters. The minimum Gasteiger partial charge on any atom is -0.489 e. The highest BCUT2D eigenvalue weighted by molar-refractivity contribution is 9.10. The fraction of sp³-hybridized carbons (Fsp3) is 0.259. The molecule has 0 aromatic heterocycles. The molecule has 0 saturated carbocycles. The molecular weight excluding hydrogens is 532 g/mol. The van der Waals surface area contributed by atoms with Gasteiger partial charge in [0.1, 0.15) is 18.0 Å². The van der Waals surface area contributed by atoms with Gasteiger partial charge >= 0.3 is 6.09 Å². The van der Waals surface area contributed by atoms with Gasteiger partial charge in [0.2, 0.25) is 5.91 Å². The van der Waals surface area contributed by atoms with Gasteiger partial charge in [-0.25, -0.2) is 4.79 Å². The van der Waals surface area contributed by atoms with Crippen molar-refractivity contribution < 1.29 is 19.1 Å². The first-order chi connectivity index (χ1) is 16.6. The van der Waals surface area contributed by atoms with E-state index < -0.39 is 11.7 Å². The molecular formula is C27H28BrClN2O4. The molecule has 184 valence electrons. The number of benzene rings is 3. The maximum Gasteiger partial charge on any atom is 0.407 e. The summed E-state index contributed by atoms with van der Waals surface area (Å²) < 4.78 is 12.0. The first-order valence-electron chi connectivity index (χ1n) is 11.1. The van der Waals surface area contributed by atoms with Crippen LogP contribution in [0.15, 0.2) is 71.2 Å². The molecule has 0 aliphatic rings. The van der Waals surface area contributed by atoms with Gasteiger partial charge in [-0.3, -0.25) is 4.79 Å². The number of nitrogens with one attached hydrogen (secondary N) is 2. The van der Waals surface area contributed by atoms with E-state index in [0.29, 0.717) is 29.6 Å². The molecule has 0 atom stereocenters. The van der Waals surface area contributed by atoms with E-state index in [1.165, 1.54) is 0 Å². The van der Waals surface area contributed by atoms with Crippen LogP contribution in [0.4, 0.5) is 10.5 Å². The van der Waals surface area contributed by atoms with Gasteiger partial charge < -0.3 is 20.1 Å². The van der Waals surface area contributed by atoms with Gasteiger partial charge in [0, 0.05) is 27.3 Å². The lowest BCUT2D eigenvalue weighted by Crippen LogP contribution is -2.32. The van der Waals surface area contributed by atoms with Crippen LogP contribution in [-0.4, -0.2) is 17.6 Å². The smallest absolute Gasteiger partial charge is 0.407 e. The third-order valence-corrected chi connectivity index (χ3v) is 5.88. The number of halogens is 2. The summed E-state index contributed by atoms with van der Waals surface area (Å²) in [5.41, 5.74) is 2.72.